The summed E-state index contributed by atoms with van der Waals surface area (Å²) in [4.78, 5) is 15.7. The van der Waals surface area contributed by atoms with Crippen molar-refractivity contribution in [1.29, 1.82) is 0 Å². The Morgan fingerprint density at radius 1 is 1.29 bits per heavy atom. The Bertz CT molecular complexity index is 491. The van der Waals surface area contributed by atoms with E-state index in [-0.39, 0.29) is 11.8 Å². The summed E-state index contributed by atoms with van der Waals surface area (Å²) in [5.74, 6) is -0.383. The van der Waals surface area contributed by atoms with Gasteiger partial charge in [0.25, 0.3) is 0 Å². The molecule has 0 unspecified atom stereocenters. The molecule has 0 atom stereocenters. The van der Waals surface area contributed by atoms with E-state index in [1.165, 1.54) is 19.2 Å². The second-order valence-corrected chi connectivity index (χ2v) is 6.03. The first-order chi connectivity index (χ1) is 10.1. The molecule has 1 aliphatic heterocycles. The molecule has 1 fully saturated rings. The highest BCUT2D eigenvalue weighted by Gasteiger charge is 2.18. The number of rotatable bonds is 5. The summed E-state index contributed by atoms with van der Waals surface area (Å²) in [6, 6.07) is 4.82. The number of carbonyl (C=O) groups is 1. The molecule has 6 heteroatoms. The Morgan fingerprint density at radius 2 is 1.95 bits per heavy atom. The summed E-state index contributed by atoms with van der Waals surface area (Å²) in [5.41, 5.74) is 1.10. The normalized spacial score (nSPS) is 16.9. The molecule has 0 saturated carbocycles. The number of hydrogen-bond acceptors (Lipinski definition) is 4. The third-order valence-electron chi connectivity index (χ3n) is 3.73. The van der Waals surface area contributed by atoms with Gasteiger partial charge < -0.3 is 9.64 Å². The van der Waals surface area contributed by atoms with Crippen LogP contribution >= 0.6 is 15.9 Å². The van der Waals surface area contributed by atoms with Gasteiger partial charge in [-0.1, -0.05) is 22.0 Å². The lowest BCUT2D eigenvalue weighted by Gasteiger charge is -2.34. The highest BCUT2D eigenvalue weighted by Crippen LogP contribution is 2.20. The Labute approximate surface area is 133 Å². The molecule has 1 saturated heterocycles. The van der Waals surface area contributed by atoms with Crippen molar-refractivity contribution in [1.82, 2.24) is 9.80 Å². The van der Waals surface area contributed by atoms with Crippen LogP contribution in [-0.2, 0) is 16.1 Å². The van der Waals surface area contributed by atoms with E-state index in [9.17, 15) is 9.18 Å². The van der Waals surface area contributed by atoms with Gasteiger partial charge in [0.15, 0.2) is 0 Å². The first-order valence-electron chi connectivity index (χ1n) is 7.04. The van der Waals surface area contributed by atoms with Crippen LogP contribution < -0.4 is 0 Å². The molecule has 0 radical (unpaired) electrons. The van der Waals surface area contributed by atoms with E-state index in [1.54, 1.807) is 0 Å². The molecule has 0 aliphatic carbocycles. The van der Waals surface area contributed by atoms with E-state index in [0.717, 1.165) is 49.3 Å². The fourth-order valence-corrected chi connectivity index (χ4v) is 2.89. The van der Waals surface area contributed by atoms with E-state index in [4.69, 9.17) is 0 Å². The fourth-order valence-electron chi connectivity index (χ4n) is 2.41. The van der Waals surface area contributed by atoms with Crippen LogP contribution in [0.3, 0.4) is 0 Å². The van der Waals surface area contributed by atoms with Crippen molar-refractivity contribution in [2.45, 2.75) is 13.0 Å². The number of carbonyl (C=O) groups excluding carboxylic acids is 1. The van der Waals surface area contributed by atoms with Gasteiger partial charge in [-0.05, 0) is 17.7 Å². The van der Waals surface area contributed by atoms with E-state index < -0.39 is 0 Å². The quantitative estimate of drug-likeness (QED) is 0.756. The number of hydrogen-bond donors (Lipinski definition) is 0. The zero-order valence-electron chi connectivity index (χ0n) is 12.1. The second kappa shape index (κ2) is 7.87. The van der Waals surface area contributed by atoms with Crippen LogP contribution in [0.2, 0.25) is 0 Å². The number of methoxy groups -OCH3 is 1. The number of nitrogens with zero attached hydrogens (tertiary/aromatic N) is 2. The van der Waals surface area contributed by atoms with Crippen LogP contribution in [0.25, 0.3) is 0 Å². The van der Waals surface area contributed by atoms with Gasteiger partial charge in [-0.15, -0.1) is 0 Å². The largest absolute Gasteiger partial charge is 0.469 e. The monoisotopic (exact) mass is 358 g/mol. The van der Waals surface area contributed by atoms with Crippen molar-refractivity contribution in [3.63, 3.8) is 0 Å². The minimum absolute atomic E-state index is 0.160. The fraction of sp³-hybridized carbons (Fsp3) is 0.533. The molecule has 2 rings (SSSR count). The third kappa shape index (κ3) is 5.05. The van der Waals surface area contributed by atoms with Crippen LogP contribution in [0, 0.1) is 5.82 Å². The number of halogens is 2. The van der Waals surface area contributed by atoms with Crippen molar-refractivity contribution in [3.8, 4) is 0 Å². The highest BCUT2D eigenvalue weighted by molar-refractivity contribution is 9.10. The van der Waals surface area contributed by atoms with Gasteiger partial charge in [0, 0.05) is 43.7 Å². The first-order valence-corrected chi connectivity index (χ1v) is 7.83. The molecule has 0 N–H and O–H groups in total. The van der Waals surface area contributed by atoms with Crippen molar-refractivity contribution in [2.75, 3.05) is 39.8 Å². The smallest absolute Gasteiger partial charge is 0.306 e. The van der Waals surface area contributed by atoms with E-state index >= 15 is 0 Å². The standard InChI is InChI=1S/C15H20BrFN2O2/c1-21-15(20)4-5-18-6-8-19(9-7-18)11-12-2-3-13(17)10-14(12)16/h2-3,10H,4-9,11H2,1H3. The maximum atomic E-state index is 13.1. The van der Waals surface area contributed by atoms with Crippen LogP contribution in [0.1, 0.15) is 12.0 Å². The Morgan fingerprint density at radius 3 is 2.57 bits per heavy atom. The molecule has 1 aromatic carbocycles. The summed E-state index contributed by atoms with van der Waals surface area (Å²) in [6.45, 7) is 5.34. The topological polar surface area (TPSA) is 32.8 Å². The maximum Gasteiger partial charge on any atom is 0.306 e. The van der Waals surface area contributed by atoms with Crippen molar-refractivity contribution in [3.05, 3.63) is 34.1 Å². The van der Waals surface area contributed by atoms with E-state index in [1.807, 2.05) is 6.07 Å². The minimum atomic E-state index is -0.224. The zero-order valence-corrected chi connectivity index (χ0v) is 13.7. The number of benzene rings is 1. The molecule has 0 amide bonds. The molecule has 1 aromatic rings. The van der Waals surface area contributed by atoms with Crippen LogP contribution in [0.5, 0.6) is 0 Å². The lowest BCUT2D eigenvalue weighted by molar-refractivity contribution is -0.141. The summed E-state index contributed by atoms with van der Waals surface area (Å²) in [7, 11) is 1.42. The van der Waals surface area contributed by atoms with Gasteiger partial charge in [-0.25, -0.2) is 4.39 Å². The molecule has 116 valence electrons. The van der Waals surface area contributed by atoms with Crippen LogP contribution in [0.4, 0.5) is 4.39 Å². The Hall–Kier alpha value is -0.980. The molecule has 0 bridgehead atoms. The lowest BCUT2D eigenvalue weighted by atomic mass is 10.2. The third-order valence-corrected chi connectivity index (χ3v) is 4.47. The zero-order chi connectivity index (χ0) is 15.2. The summed E-state index contributed by atoms with van der Waals surface area (Å²) in [6.07, 6.45) is 0.444. The van der Waals surface area contributed by atoms with Gasteiger partial charge >= 0.3 is 5.97 Å². The molecular formula is C15H20BrFN2O2. The van der Waals surface area contributed by atoms with Crippen molar-refractivity contribution < 1.29 is 13.9 Å². The lowest BCUT2D eigenvalue weighted by Crippen LogP contribution is -2.46. The predicted molar refractivity (Wildman–Crippen MR) is 82.5 cm³/mol. The van der Waals surface area contributed by atoms with E-state index in [0.29, 0.717) is 6.42 Å². The van der Waals surface area contributed by atoms with Gasteiger partial charge in [-0.3, -0.25) is 9.69 Å². The van der Waals surface area contributed by atoms with Crippen LogP contribution in [-0.4, -0.2) is 55.6 Å². The molecular weight excluding hydrogens is 339 g/mol. The number of esters is 1. The highest BCUT2D eigenvalue weighted by atomic mass is 79.9. The van der Waals surface area contributed by atoms with Gasteiger partial charge in [0.1, 0.15) is 5.82 Å². The first kappa shape index (κ1) is 16.4. The summed E-state index contributed by atoms with van der Waals surface area (Å²) >= 11 is 3.41. The molecule has 1 heterocycles. The van der Waals surface area contributed by atoms with Gasteiger partial charge in [0.2, 0.25) is 0 Å². The summed E-state index contributed by atoms with van der Waals surface area (Å²) in [5, 5.41) is 0. The Balaban J connectivity index is 1.77. The van der Waals surface area contributed by atoms with E-state index in [2.05, 4.69) is 30.5 Å². The maximum absolute atomic E-state index is 13.1. The SMILES string of the molecule is COC(=O)CCN1CCN(Cc2ccc(F)cc2Br)CC1. The number of ether oxygens (including phenoxy) is 1. The molecule has 0 spiro atoms. The second-order valence-electron chi connectivity index (χ2n) is 5.18. The van der Waals surface area contributed by atoms with Gasteiger partial charge in [0.05, 0.1) is 13.5 Å². The van der Waals surface area contributed by atoms with Crippen LogP contribution in [0.15, 0.2) is 22.7 Å². The molecule has 21 heavy (non-hydrogen) atoms. The minimum Gasteiger partial charge on any atom is -0.469 e. The molecule has 0 aromatic heterocycles. The molecule has 4 nitrogen and oxygen atoms in total. The summed E-state index contributed by atoms with van der Waals surface area (Å²) < 4.78 is 18.5. The van der Waals surface area contributed by atoms with Crippen molar-refractivity contribution in [2.24, 2.45) is 0 Å². The average Bonchev–Trinajstić information content (AvgIpc) is 2.49. The predicted octanol–water partition coefficient (Wildman–Crippen LogP) is 2.27. The average molecular weight is 359 g/mol. The number of piperazine rings is 1. The molecule has 1 aliphatic rings. The Kier molecular flexibility index (Phi) is 6.14. The van der Waals surface area contributed by atoms with Crippen molar-refractivity contribution >= 4 is 21.9 Å². The van der Waals surface area contributed by atoms with Gasteiger partial charge in [-0.2, -0.15) is 0 Å².